The Bertz CT molecular complexity index is 614. The van der Waals surface area contributed by atoms with Crippen LogP contribution in [0.25, 0.3) is 5.69 Å². The van der Waals surface area contributed by atoms with Gasteiger partial charge in [0.25, 0.3) is 0 Å². The number of benzene rings is 1. The summed E-state index contributed by atoms with van der Waals surface area (Å²) in [6.07, 6.45) is 6.61. The zero-order valence-electron chi connectivity index (χ0n) is 12.3. The van der Waals surface area contributed by atoms with Gasteiger partial charge in [-0.3, -0.25) is 4.79 Å². The maximum Gasteiger partial charge on any atom is 0.224 e. The normalized spacial score (nSPS) is 20.4. The molecule has 0 aliphatic heterocycles. The minimum atomic E-state index is -0.0332. The largest absolute Gasteiger partial charge is 0.352 e. The topological polar surface area (TPSA) is 72.9 Å². The Balaban J connectivity index is 0.00000176. The van der Waals surface area contributed by atoms with E-state index in [-0.39, 0.29) is 30.3 Å². The van der Waals surface area contributed by atoms with Crippen LogP contribution in [-0.2, 0) is 11.3 Å². The van der Waals surface area contributed by atoms with Crippen molar-refractivity contribution in [3.05, 3.63) is 48.3 Å². The predicted octanol–water partition coefficient (Wildman–Crippen LogP) is 2.04. The summed E-state index contributed by atoms with van der Waals surface area (Å²) >= 11 is 0. The van der Waals surface area contributed by atoms with Gasteiger partial charge in [-0.1, -0.05) is 24.6 Å². The third kappa shape index (κ3) is 3.67. The minimum absolute atomic E-state index is 0. The van der Waals surface area contributed by atoms with Crippen LogP contribution in [0.1, 0.15) is 24.8 Å². The van der Waals surface area contributed by atoms with Gasteiger partial charge in [0.2, 0.25) is 5.91 Å². The smallest absolute Gasteiger partial charge is 0.224 e. The Labute approximate surface area is 136 Å². The van der Waals surface area contributed by atoms with Crippen molar-refractivity contribution >= 4 is 18.3 Å². The minimum Gasteiger partial charge on any atom is -0.352 e. The number of nitrogens with one attached hydrogen (secondary N) is 1. The molecule has 22 heavy (non-hydrogen) atoms. The van der Waals surface area contributed by atoms with E-state index in [9.17, 15) is 4.79 Å². The van der Waals surface area contributed by atoms with Gasteiger partial charge >= 0.3 is 0 Å². The molecule has 1 aromatic heterocycles. The molecule has 0 bridgehead atoms. The SMILES string of the molecule is Cl.NC1CCCC1C(=O)NCc1cnn(-c2ccccc2)c1. The van der Waals surface area contributed by atoms with Crippen LogP contribution in [0.2, 0.25) is 0 Å². The number of halogens is 1. The first-order chi connectivity index (χ1) is 10.2. The number of hydrogen-bond acceptors (Lipinski definition) is 3. The molecule has 1 heterocycles. The molecular formula is C16H21ClN4O. The van der Waals surface area contributed by atoms with E-state index in [0.29, 0.717) is 6.54 Å². The van der Waals surface area contributed by atoms with Crippen LogP contribution in [-0.4, -0.2) is 21.7 Å². The number of rotatable bonds is 4. The van der Waals surface area contributed by atoms with Gasteiger partial charge in [-0.05, 0) is 25.0 Å². The van der Waals surface area contributed by atoms with Gasteiger partial charge in [-0.15, -0.1) is 12.4 Å². The van der Waals surface area contributed by atoms with E-state index in [1.165, 1.54) is 0 Å². The monoisotopic (exact) mass is 320 g/mol. The van der Waals surface area contributed by atoms with E-state index in [1.807, 2.05) is 41.2 Å². The third-order valence-corrected chi connectivity index (χ3v) is 4.03. The second-order valence-corrected chi connectivity index (χ2v) is 5.55. The molecule has 2 unspecified atom stereocenters. The summed E-state index contributed by atoms with van der Waals surface area (Å²) in [4.78, 5) is 12.1. The van der Waals surface area contributed by atoms with Crippen LogP contribution >= 0.6 is 12.4 Å². The van der Waals surface area contributed by atoms with Crippen molar-refractivity contribution < 1.29 is 4.79 Å². The highest BCUT2D eigenvalue weighted by Crippen LogP contribution is 2.24. The summed E-state index contributed by atoms with van der Waals surface area (Å²) in [7, 11) is 0. The first kappa shape index (κ1) is 16.5. The zero-order chi connectivity index (χ0) is 14.7. The van der Waals surface area contributed by atoms with Crippen LogP contribution in [0.3, 0.4) is 0 Å². The molecule has 5 nitrogen and oxygen atoms in total. The van der Waals surface area contributed by atoms with Gasteiger partial charge in [0, 0.05) is 24.3 Å². The Morgan fingerprint density at radius 2 is 2.09 bits per heavy atom. The fourth-order valence-electron chi connectivity index (χ4n) is 2.81. The summed E-state index contributed by atoms with van der Waals surface area (Å²) in [5.74, 6) is 0.0293. The van der Waals surface area contributed by atoms with E-state index in [4.69, 9.17) is 5.73 Å². The van der Waals surface area contributed by atoms with Crippen molar-refractivity contribution in [3.8, 4) is 5.69 Å². The van der Waals surface area contributed by atoms with Crippen molar-refractivity contribution in [2.45, 2.75) is 31.8 Å². The molecule has 3 rings (SSSR count). The van der Waals surface area contributed by atoms with Crippen LogP contribution in [0.4, 0.5) is 0 Å². The standard InChI is InChI=1S/C16H20N4O.ClH/c17-15-8-4-7-14(15)16(21)18-9-12-10-19-20(11-12)13-5-2-1-3-6-13;/h1-3,5-6,10-11,14-15H,4,7-9,17H2,(H,18,21);1H. The summed E-state index contributed by atoms with van der Waals surface area (Å²) in [6, 6.07) is 9.91. The first-order valence-corrected chi connectivity index (χ1v) is 7.36. The molecule has 2 aromatic rings. The molecule has 118 valence electrons. The molecule has 6 heteroatoms. The van der Waals surface area contributed by atoms with Crippen LogP contribution in [0.15, 0.2) is 42.7 Å². The van der Waals surface area contributed by atoms with Crippen molar-refractivity contribution in [3.63, 3.8) is 0 Å². The van der Waals surface area contributed by atoms with E-state index in [1.54, 1.807) is 6.20 Å². The number of para-hydroxylation sites is 1. The lowest BCUT2D eigenvalue weighted by atomic mass is 10.0. The van der Waals surface area contributed by atoms with Gasteiger partial charge in [0.15, 0.2) is 0 Å². The lowest BCUT2D eigenvalue weighted by molar-refractivity contribution is -0.125. The molecule has 0 spiro atoms. The highest BCUT2D eigenvalue weighted by atomic mass is 35.5. The summed E-state index contributed by atoms with van der Waals surface area (Å²) in [5, 5.41) is 7.28. The average Bonchev–Trinajstić information content (AvgIpc) is 3.15. The number of amides is 1. The summed E-state index contributed by atoms with van der Waals surface area (Å²) in [5.41, 5.74) is 7.94. The van der Waals surface area contributed by atoms with Crippen LogP contribution in [0.5, 0.6) is 0 Å². The maximum absolute atomic E-state index is 12.1. The fraction of sp³-hybridized carbons (Fsp3) is 0.375. The molecule has 0 saturated heterocycles. The first-order valence-electron chi connectivity index (χ1n) is 7.36. The molecule has 1 amide bonds. The lowest BCUT2D eigenvalue weighted by Gasteiger charge is -2.14. The Morgan fingerprint density at radius 3 is 2.77 bits per heavy atom. The second kappa shape index (κ2) is 7.42. The van der Waals surface area contributed by atoms with Crippen molar-refractivity contribution in [1.29, 1.82) is 0 Å². The highest BCUT2D eigenvalue weighted by Gasteiger charge is 2.29. The fourth-order valence-corrected chi connectivity index (χ4v) is 2.81. The molecule has 1 saturated carbocycles. The van der Waals surface area contributed by atoms with E-state index >= 15 is 0 Å². The predicted molar refractivity (Wildman–Crippen MR) is 88.0 cm³/mol. The van der Waals surface area contributed by atoms with Crippen molar-refractivity contribution in [1.82, 2.24) is 15.1 Å². The van der Waals surface area contributed by atoms with Gasteiger partial charge < -0.3 is 11.1 Å². The summed E-state index contributed by atoms with van der Waals surface area (Å²) in [6.45, 7) is 0.495. The third-order valence-electron chi connectivity index (χ3n) is 4.03. The number of nitrogens with two attached hydrogens (primary N) is 1. The quantitative estimate of drug-likeness (QED) is 0.905. The Morgan fingerprint density at radius 1 is 1.32 bits per heavy atom. The molecule has 1 aromatic carbocycles. The molecule has 1 aliphatic carbocycles. The van der Waals surface area contributed by atoms with Crippen LogP contribution < -0.4 is 11.1 Å². The molecular weight excluding hydrogens is 300 g/mol. The van der Waals surface area contributed by atoms with E-state index in [0.717, 1.165) is 30.5 Å². The summed E-state index contributed by atoms with van der Waals surface area (Å²) < 4.78 is 1.81. The lowest BCUT2D eigenvalue weighted by Crippen LogP contribution is -2.38. The molecule has 0 radical (unpaired) electrons. The molecule has 3 N–H and O–H groups in total. The molecule has 1 fully saturated rings. The number of carbonyl (C=O) groups is 1. The highest BCUT2D eigenvalue weighted by molar-refractivity contribution is 5.85. The molecule has 2 atom stereocenters. The maximum atomic E-state index is 12.1. The van der Waals surface area contributed by atoms with Gasteiger partial charge in [0.05, 0.1) is 17.8 Å². The molecule has 1 aliphatic rings. The van der Waals surface area contributed by atoms with E-state index < -0.39 is 0 Å². The average molecular weight is 321 g/mol. The number of aromatic nitrogens is 2. The van der Waals surface area contributed by atoms with E-state index in [2.05, 4.69) is 10.4 Å². The van der Waals surface area contributed by atoms with Crippen molar-refractivity contribution in [2.24, 2.45) is 11.7 Å². The number of nitrogens with zero attached hydrogens (tertiary/aromatic N) is 2. The zero-order valence-corrected chi connectivity index (χ0v) is 13.1. The number of hydrogen-bond donors (Lipinski definition) is 2. The van der Waals surface area contributed by atoms with Gasteiger partial charge in [-0.2, -0.15) is 5.10 Å². The Hall–Kier alpha value is -1.85. The van der Waals surface area contributed by atoms with Gasteiger partial charge in [0.1, 0.15) is 0 Å². The second-order valence-electron chi connectivity index (χ2n) is 5.55. The van der Waals surface area contributed by atoms with Crippen LogP contribution in [0, 0.1) is 5.92 Å². The Kier molecular flexibility index (Phi) is 5.57. The van der Waals surface area contributed by atoms with Crippen molar-refractivity contribution in [2.75, 3.05) is 0 Å². The number of carbonyl (C=O) groups excluding carboxylic acids is 1. The van der Waals surface area contributed by atoms with Gasteiger partial charge in [-0.25, -0.2) is 4.68 Å².